The van der Waals surface area contributed by atoms with Gasteiger partial charge < -0.3 is 47.4 Å². The molecule has 0 saturated carbocycles. The Morgan fingerprint density at radius 2 is 1.15 bits per heavy atom. The lowest BCUT2D eigenvalue weighted by Gasteiger charge is -2.29. The van der Waals surface area contributed by atoms with Crippen molar-refractivity contribution in [3.8, 4) is 0 Å². The molecule has 1 aliphatic heterocycles. The van der Waals surface area contributed by atoms with Crippen molar-refractivity contribution < 1.29 is 57.0 Å². The van der Waals surface area contributed by atoms with E-state index in [1.54, 1.807) is 12.0 Å². The van der Waals surface area contributed by atoms with Crippen LogP contribution in [0.4, 0.5) is 0 Å². The second-order valence-electron chi connectivity index (χ2n) is 12.2. The number of methoxy groups -OCH3 is 3. The molecule has 13 nitrogen and oxygen atoms in total. The summed E-state index contributed by atoms with van der Waals surface area (Å²) in [5, 5.41) is 0. The largest absolute Gasteiger partial charge is 0.468 e. The molecule has 0 aromatic heterocycles. The number of hydrogen-bond acceptors (Lipinski definition) is 13. The summed E-state index contributed by atoms with van der Waals surface area (Å²) in [6, 6.07) is 29.8. The molecule has 0 spiro atoms. The molecule has 0 radical (unpaired) electrons. The van der Waals surface area contributed by atoms with Gasteiger partial charge in [0.2, 0.25) is 0 Å². The van der Waals surface area contributed by atoms with Crippen molar-refractivity contribution in [2.45, 2.75) is 50.5 Å². The first kappa shape index (κ1) is 42.0. The van der Waals surface area contributed by atoms with Crippen molar-refractivity contribution in [1.29, 1.82) is 0 Å². The Hall–Kier alpha value is -3.76. The fourth-order valence-corrected chi connectivity index (χ4v) is 5.62. The number of carbonyl (C=O) groups is 2. The molecule has 13 heteroatoms. The van der Waals surface area contributed by atoms with Crippen molar-refractivity contribution in [3.63, 3.8) is 0 Å². The lowest BCUT2D eigenvalue weighted by Crippen LogP contribution is -2.45. The second-order valence-corrected chi connectivity index (χ2v) is 12.2. The summed E-state index contributed by atoms with van der Waals surface area (Å²) in [7, 11) is 4.17. The minimum absolute atomic E-state index is 0.0479. The zero-order chi connectivity index (χ0) is 37.5. The van der Waals surface area contributed by atoms with E-state index in [0.29, 0.717) is 39.6 Å². The maximum atomic E-state index is 11.7. The number of benzene rings is 3. The van der Waals surface area contributed by atoms with E-state index in [9.17, 15) is 9.59 Å². The molecule has 5 atom stereocenters. The predicted molar refractivity (Wildman–Crippen MR) is 194 cm³/mol. The zero-order valence-corrected chi connectivity index (χ0v) is 30.9. The Balaban J connectivity index is 1.33. The average Bonchev–Trinajstić information content (AvgIpc) is 3.55. The third-order valence-electron chi connectivity index (χ3n) is 8.41. The van der Waals surface area contributed by atoms with E-state index in [1.165, 1.54) is 14.2 Å². The predicted octanol–water partition coefficient (Wildman–Crippen LogP) is 3.81. The van der Waals surface area contributed by atoms with Gasteiger partial charge in [-0.2, -0.15) is 0 Å². The van der Waals surface area contributed by atoms with Gasteiger partial charge in [0.05, 0.1) is 86.8 Å². The molecule has 1 aliphatic rings. The van der Waals surface area contributed by atoms with Crippen molar-refractivity contribution in [2.24, 2.45) is 0 Å². The first-order chi connectivity index (χ1) is 26.0. The first-order valence-corrected chi connectivity index (χ1v) is 17.7. The Kier molecular flexibility index (Phi) is 19.4. The highest BCUT2D eigenvalue weighted by Gasteiger charge is 2.50. The van der Waals surface area contributed by atoms with E-state index in [4.69, 9.17) is 47.4 Å². The van der Waals surface area contributed by atoms with Gasteiger partial charge in [0, 0.05) is 13.7 Å². The Morgan fingerprint density at radius 3 is 1.72 bits per heavy atom. The minimum Gasteiger partial charge on any atom is -0.468 e. The minimum atomic E-state index is -0.723. The highest BCUT2D eigenvalue weighted by atomic mass is 16.7. The summed E-state index contributed by atoms with van der Waals surface area (Å²) in [5.41, 5.74) is 3.09. The molecule has 1 heterocycles. The summed E-state index contributed by atoms with van der Waals surface area (Å²) >= 11 is 0. The lowest BCUT2D eigenvalue weighted by molar-refractivity contribution is -0.186. The molecule has 1 unspecified atom stereocenters. The van der Waals surface area contributed by atoms with Crippen LogP contribution >= 0.6 is 0 Å². The van der Waals surface area contributed by atoms with Gasteiger partial charge in [-0.25, -0.2) is 0 Å². The van der Waals surface area contributed by atoms with Crippen molar-refractivity contribution in [1.82, 2.24) is 4.90 Å². The average molecular weight is 740 g/mol. The molecule has 3 aromatic rings. The Morgan fingerprint density at radius 1 is 0.623 bits per heavy atom. The number of rotatable bonds is 26. The zero-order valence-electron chi connectivity index (χ0n) is 30.9. The second kappa shape index (κ2) is 24.5. The van der Waals surface area contributed by atoms with Crippen LogP contribution in [0, 0.1) is 0 Å². The van der Waals surface area contributed by atoms with Gasteiger partial charge in [-0.05, 0) is 16.7 Å². The van der Waals surface area contributed by atoms with Gasteiger partial charge in [-0.1, -0.05) is 91.0 Å². The standard InChI is InChI=1S/C40H53NO12/c1-44-35(42)25-41(26-36(43)45-2)19-20-47-21-22-48-23-24-50-39-38(52-29-33-17-11-6-12-18-33)37(53-40(39)46-3)34(51-28-32-15-9-5-10-16-32)30-49-27-31-13-7-4-8-14-31/h4-18,34,37-40H,19-30H2,1-3H3/t34-,37-,38+,39-,40?/m1/s1. The van der Waals surface area contributed by atoms with Crippen LogP contribution in [0.15, 0.2) is 91.0 Å². The van der Waals surface area contributed by atoms with Crippen LogP contribution in [0.5, 0.6) is 0 Å². The quantitative estimate of drug-likeness (QED) is 0.0875. The van der Waals surface area contributed by atoms with E-state index >= 15 is 0 Å². The molecule has 3 aromatic carbocycles. The van der Waals surface area contributed by atoms with E-state index < -0.39 is 42.6 Å². The number of ether oxygens (including phenoxy) is 10. The number of hydrogen-bond donors (Lipinski definition) is 0. The molecule has 0 N–H and O–H groups in total. The molecule has 0 amide bonds. The van der Waals surface area contributed by atoms with Crippen LogP contribution in [0.2, 0.25) is 0 Å². The summed E-state index contributed by atoms with van der Waals surface area (Å²) in [4.78, 5) is 25.0. The van der Waals surface area contributed by atoms with Crippen LogP contribution in [-0.4, -0.2) is 128 Å². The maximum absolute atomic E-state index is 11.7. The topological polar surface area (TPSA) is 130 Å². The first-order valence-electron chi connectivity index (χ1n) is 17.7. The lowest BCUT2D eigenvalue weighted by atomic mass is 10.0. The van der Waals surface area contributed by atoms with Crippen LogP contribution in [0.3, 0.4) is 0 Å². The molecular formula is C40H53NO12. The summed E-state index contributed by atoms with van der Waals surface area (Å²) < 4.78 is 58.7. The van der Waals surface area contributed by atoms with E-state index in [0.717, 1.165) is 16.7 Å². The fraction of sp³-hybridized carbons (Fsp3) is 0.500. The number of carbonyl (C=O) groups excluding carboxylic acids is 2. The van der Waals surface area contributed by atoms with Gasteiger partial charge in [0.25, 0.3) is 0 Å². The molecule has 1 saturated heterocycles. The van der Waals surface area contributed by atoms with Gasteiger partial charge in [0.15, 0.2) is 6.29 Å². The highest BCUT2D eigenvalue weighted by molar-refractivity contribution is 5.74. The van der Waals surface area contributed by atoms with Gasteiger partial charge in [0.1, 0.15) is 24.4 Å². The van der Waals surface area contributed by atoms with Gasteiger partial charge in [-0.15, -0.1) is 0 Å². The number of nitrogens with zero attached hydrogens (tertiary/aromatic N) is 1. The molecule has 4 rings (SSSR count). The van der Waals surface area contributed by atoms with E-state index in [2.05, 4.69) is 0 Å². The Bertz CT molecular complexity index is 1400. The molecule has 0 aliphatic carbocycles. The molecule has 53 heavy (non-hydrogen) atoms. The number of esters is 2. The third kappa shape index (κ3) is 15.3. The van der Waals surface area contributed by atoms with E-state index in [1.807, 2.05) is 91.0 Å². The maximum Gasteiger partial charge on any atom is 0.319 e. The van der Waals surface area contributed by atoms with Crippen LogP contribution in [0.25, 0.3) is 0 Å². The van der Waals surface area contributed by atoms with Crippen LogP contribution < -0.4 is 0 Å². The SMILES string of the molecule is COC(=O)CN(CCOCCOCCO[C@H]1C(OC)O[C@H]([C@@H](COCc2ccccc2)OCc2ccccc2)[C@@H]1OCc1ccccc1)CC(=O)OC. The molecule has 290 valence electrons. The smallest absolute Gasteiger partial charge is 0.319 e. The molecule has 0 bridgehead atoms. The monoisotopic (exact) mass is 739 g/mol. The summed E-state index contributed by atoms with van der Waals surface area (Å²) in [5.74, 6) is -0.905. The highest BCUT2D eigenvalue weighted by Crippen LogP contribution is 2.32. The van der Waals surface area contributed by atoms with Gasteiger partial charge in [-0.3, -0.25) is 14.5 Å². The van der Waals surface area contributed by atoms with Crippen molar-refractivity contribution in [2.75, 3.05) is 80.6 Å². The molecular weight excluding hydrogens is 686 g/mol. The van der Waals surface area contributed by atoms with Crippen LogP contribution in [-0.2, 0) is 76.8 Å². The Labute approximate surface area is 312 Å². The summed E-state index contributed by atoms with van der Waals surface area (Å²) in [6.07, 6.45) is -2.93. The van der Waals surface area contributed by atoms with Crippen molar-refractivity contribution >= 4 is 11.9 Å². The van der Waals surface area contributed by atoms with Crippen LogP contribution in [0.1, 0.15) is 16.7 Å². The normalized spacial score (nSPS) is 18.9. The van der Waals surface area contributed by atoms with Gasteiger partial charge >= 0.3 is 11.9 Å². The van der Waals surface area contributed by atoms with Crippen molar-refractivity contribution in [3.05, 3.63) is 108 Å². The van der Waals surface area contributed by atoms with E-state index in [-0.39, 0.29) is 39.5 Å². The third-order valence-corrected chi connectivity index (χ3v) is 8.41. The summed E-state index contributed by atoms with van der Waals surface area (Å²) in [6.45, 7) is 3.07. The molecule has 1 fully saturated rings. The fourth-order valence-electron chi connectivity index (χ4n) is 5.62.